The molecule has 0 aliphatic carbocycles. The quantitative estimate of drug-likeness (QED) is 0.339. The second kappa shape index (κ2) is 8.57. The molecule has 0 unspecified atom stereocenters. The van der Waals surface area contributed by atoms with Crippen LogP contribution in [0.5, 0.6) is 0 Å². The molecule has 0 saturated heterocycles. The third-order valence-electron chi connectivity index (χ3n) is 3.09. The Morgan fingerprint density at radius 3 is 2.22 bits per heavy atom. The van der Waals surface area contributed by atoms with Crippen LogP contribution in [0.4, 0.5) is 0 Å². The van der Waals surface area contributed by atoms with E-state index >= 15 is 0 Å². The Labute approximate surface area is 137 Å². The smallest absolute Gasteiger partial charge is 0.339 e. The van der Waals surface area contributed by atoms with Gasteiger partial charge in [-0.1, -0.05) is 60.7 Å². The topological polar surface area (TPSA) is 26.3 Å². The average molecular weight is 304 g/mol. The van der Waals surface area contributed by atoms with Gasteiger partial charge in [0.25, 0.3) is 0 Å². The van der Waals surface area contributed by atoms with E-state index in [1.807, 2.05) is 80.6 Å². The lowest BCUT2D eigenvalue weighted by Gasteiger charge is -2.05. The Morgan fingerprint density at radius 2 is 1.61 bits per heavy atom. The first-order valence-electron chi connectivity index (χ1n) is 7.53. The van der Waals surface area contributed by atoms with Gasteiger partial charge in [0, 0.05) is 0 Å². The SMILES string of the molecule is CC(C)=C=C/C(=C/c1ccccc1)C(=O)OCc1ccccc1. The van der Waals surface area contributed by atoms with E-state index in [0.717, 1.165) is 16.7 Å². The van der Waals surface area contributed by atoms with Crippen molar-refractivity contribution >= 4 is 12.0 Å². The number of hydrogen-bond donors (Lipinski definition) is 0. The molecule has 0 bridgehead atoms. The van der Waals surface area contributed by atoms with E-state index in [4.69, 9.17) is 4.74 Å². The fourth-order valence-corrected chi connectivity index (χ4v) is 1.92. The highest BCUT2D eigenvalue weighted by Crippen LogP contribution is 2.11. The summed E-state index contributed by atoms with van der Waals surface area (Å²) in [5.41, 5.74) is 6.46. The lowest BCUT2D eigenvalue weighted by molar-refractivity contribution is -0.139. The standard InChI is InChI=1S/C21H20O2/c1-17(2)13-14-20(15-18-9-5-3-6-10-18)21(22)23-16-19-11-7-4-8-12-19/h3-12,14-15H,16H2,1-2H3/b20-15-. The molecule has 0 aliphatic heterocycles. The normalized spacial score (nSPS) is 10.6. The zero-order valence-electron chi connectivity index (χ0n) is 13.5. The van der Waals surface area contributed by atoms with Crippen LogP contribution in [0.15, 0.2) is 83.6 Å². The van der Waals surface area contributed by atoms with Crippen molar-refractivity contribution in [3.05, 3.63) is 94.7 Å². The van der Waals surface area contributed by atoms with Crippen LogP contribution >= 0.6 is 0 Å². The van der Waals surface area contributed by atoms with E-state index in [0.29, 0.717) is 5.57 Å². The second-order valence-electron chi connectivity index (χ2n) is 5.36. The van der Waals surface area contributed by atoms with E-state index in [1.165, 1.54) is 0 Å². The van der Waals surface area contributed by atoms with E-state index in [2.05, 4.69) is 5.73 Å². The van der Waals surface area contributed by atoms with Gasteiger partial charge in [-0.3, -0.25) is 0 Å². The van der Waals surface area contributed by atoms with Crippen molar-refractivity contribution in [2.45, 2.75) is 20.5 Å². The molecule has 0 fully saturated rings. The molecule has 0 saturated carbocycles. The Bertz CT molecular complexity index is 730. The van der Waals surface area contributed by atoms with Crippen LogP contribution in [-0.2, 0) is 16.1 Å². The summed E-state index contributed by atoms with van der Waals surface area (Å²) in [6.45, 7) is 4.13. The number of hydrogen-bond acceptors (Lipinski definition) is 2. The molecule has 0 heterocycles. The number of rotatable bonds is 5. The second-order valence-corrected chi connectivity index (χ2v) is 5.36. The Balaban J connectivity index is 2.18. The minimum absolute atomic E-state index is 0.258. The van der Waals surface area contributed by atoms with E-state index in [-0.39, 0.29) is 12.6 Å². The third-order valence-corrected chi connectivity index (χ3v) is 3.09. The number of ether oxygens (including phenoxy) is 1. The minimum atomic E-state index is -0.355. The Hall–Kier alpha value is -2.83. The van der Waals surface area contributed by atoms with Gasteiger partial charge in [0.2, 0.25) is 0 Å². The number of esters is 1. The molecule has 0 atom stereocenters. The van der Waals surface area contributed by atoms with Crippen LogP contribution in [0.3, 0.4) is 0 Å². The van der Waals surface area contributed by atoms with Crippen LogP contribution < -0.4 is 0 Å². The monoisotopic (exact) mass is 304 g/mol. The zero-order chi connectivity index (χ0) is 16.5. The number of carbonyl (C=O) groups excluding carboxylic acids is 1. The van der Waals surface area contributed by atoms with Crippen molar-refractivity contribution in [3.8, 4) is 0 Å². The van der Waals surface area contributed by atoms with Gasteiger partial charge in [-0.2, -0.15) is 0 Å². The summed E-state index contributed by atoms with van der Waals surface area (Å²) in [4.78, 5) is 12.4. The van der Waals surface area contributed by atoms with Gasteiger partial charge in [-0.15, -0.1) is 5.73 Å². The van der Waals surface area contributed by atoms with Crippen molar-refractivity contribution in [2.75, 3.05) is 0 Å². The van der Waals surface area contributed by atoms with Gasteiger partial charge in [0.05, 0.1) is 5.57 Å². The highest BCUT2D eigenvalue weighted by atomic mass is 16.5. The molecule has 0 N–H and O–H groups in total. The van der Waals surface area contributed by atoms with Gasteiger partial charge in [-0.25, -0.2) is 4.79 Å². The first kappa shape index (κ1) is 16.5. The summed E-state index contributed by atoms with van der Waals surface area (Å²) in [6, 6.07) is 19.3. The summed E-state index contributed by atoms with van der Waals surface area (Å²) in [5.74, 6) is -0.355. The summed E-state index contributed by atoms with van der Waals surface area (Å²) < 4.78 is 5.41. The molecule has 2 rings (SSSR count). The van der Waals surface area contributed by atoms with Gasteiger partial charge >= 0.3 is 5.97 Å². The molecular weight excluding hydrogens is 284 g/mol. The molecule has 116 valence electrons. The van der Waals surface area contributed by atoms with Crippen molar-refractivity contribution < 1.29 is 9.53 Å². The van der Waals surface area contributed by atoms with Crippen LogP contribution in [0.25, 0.3) is 6.08 Å². The van der Waals surface area contributed by atoms with E-state index < -0.39 is 0 Å². The molecule has 0 aromatic heterocycles. The summed E-state index contributed by atoms with van der Waals surface area (Å²) in [6.07, 6.45) is 3.49. The van der Waals surface area contributed by atoms with Crippen LogP contribution in [0.2, 0.25) is 0 Å². The zero-order valence-corrected chi connectivity index (χ0v) is 13.5. The molecule has 2 aromatic carbocycles. The minimum Gasteiger partial charge on any atom is -0.457 e. The number of benzene rings is 2. The number of carbonyl (C=O) groups is 1. The van der Waals surface area contributed by atoms with E-state index in [9.17, 15) is 4.79 Å². The van der Waals surface area contributed by atoms with Crippen LogP contribution in [0.1, 0.15) is 25.0 Å². The molecule has 2 aromatic rings. The third kappa shape index (κ3) is 5.82. The largest absolute Gasteiger partial charge is 0.457 e. The first-order chi connectivity index (χ1) is 11.1. The predicted molar refractivity (Wildman–Crippen MR) is 93.6 cm³/mol. The fraction of sp³-hybridized carbons (Fsp3) is 0.143. The lowest BCUT2D eigenvalue weighted by atomic mass is 10.1. The van der Waals surface area contributed by atoms with Crippen molar-refractivity contribution in [1.82, 2.24) is 0 Å². The summed E-state index contributed by atoms with van der Waals surface area (Å²) >= 11 is 0. The maximum atomic E-state index is 12.4. The Kier molecular flexibility index (Phi) is 6.17. The van der Waals surface area contributed by atoms with Crippen LogP contribution in [0, 0.1) is 0 Å². The lowest BCUT2D eigenvalue weighted by Crippen LogP contribution is -2.06. The van der Waals surface area contributed by atoms with Crippen molar-refractivity contribution in [3.63, 3.8) is 0 Å². The fourth-order valence-electron chi connectivity index (χ4n) is 1.92. The molecule has 0 radical (unpaired) electrons. The van der Waals surface area contributed by atoms with Gasteiger partial charge < -0.3 is 4.74 Å². The maximum absolute atomic E-state index is 12.4. The maximum Gasteiger partial charge on any atom is 0.339 e. The molecule has 0 aliphatic rings. The summed E-state index contributed by atoms with van der Waals surface area (Å²) in [7, 11) is 0. The summed E-state index contributed by atoms with van der Waals surface area (Å²) in [5, 5.41) is 0. The molecule has 2 heteroatoms. The highest BCUT2D eigenvalue weighted by molar-refractivity contribution is 5.96. The van der Waals surface area contributed by atoms with Gasteiger partial charge in [0.1, 0.15) is 6.61 Å². The van der Waals surface area contributed by atoms with Crippen LogP contribution in [-0.4, -0.2) is 5.97 Å². The molecule has 0 amide bonds. The average Bonchev–Trinajstić information content (AvgIpc) is 2.58. The molecule has 2 nitrogen and oxygen atoms in total. The molecular formula is C21H20O2. The van der Waals surface area contributed by atoms with Crippen molar-refractivity contribution in [1.29, 1.82) is 0 Å². The van der Waals surface area contributed by atoms with Crippen molar-refractivity contribution in [2.24, 2.45) is 0 Å². The first-order valence-corrected chi connectivity index (χ1v) is 7.53. The Morgan fingerprint density at radius 1 is 1.00 bits per heavy atom. The van der Waals surface area contributed by atoms with Gasteiger partial charge in [-0.05, 0) is 42.7 Å². The predicted octanol–water partition coefficient (Wildman–Crippen LogP) is 4.93. The highest BCUT2D eigenvalue weighted by Gasteiger charge is 2.08. The van der Waals surface area contributed by atoms with E-state index in [1.54, 1.807) is 6.08 Å². The molecule has 23 heavy (non-hydrogen) atoms. The molecule has 0 spiro atoms. The van der Waals surface area contributed by atoms with Gasteiger partial charge in [0.15, 0.2) is 0 Å².